The summed E-state index contributed by atoms with van der Waals surface area (Å²) in [4.78, 5) is 10.4. The Morgan fingerprint density at radius 2 is 1.11 bits per heavy atom. The zero-order valence-electron chi connectivity index (χ0n) is 11.3. The van der Waals surface area contributed by atoms with Gasteiger partial charge in [-0.15, -0.1) is 0 Å². The molecule has 0 amide bonds. The van der Waals surface area contributed by atoms with Crippen molar-refractivity contribution >= 4 is 5.97 Å². The first kappa shape index (κ1) is 17.3. The van der Waals surface area contributed by atoms with Crippen LogP contribution in [0.2, 0.25) is 0 Å². The zero-order chi connectivity index (χ0) is 13.5. The second-order valence-electron chi connectivity index (χ2n) is 3.37. The number of carbonyl (C=O) groups is 1. The molecule has 0 heterocycles. The minimum atomic E-state index is -0.293. The van der Waals surface area contributed by atoms with Gasteiger partial charge in [-0.1, -0.05) is 0 Å². The fourth-order valence-electron chi connectivity index (χ4n) is 1.05. The van der Waals surface area contributed by atoms with Crippen LogP contribution in [0.4, 0.5) is 0 Å². The quantitative estimate of drug-likeness (QED) is 0.359. The summed E-state index contributed by atoms with van der Waals surface area (Å²) in [6, 6.07) is 0. The van der Waals surface area contributed by atoms with E-state index < -0.39 is 0 Å². The van der Waals surface area contributed by atoms with Gasteiger partial charge in [-0.3, -0.25) is 4.79 Å². The molecular weight excluding hydrogens is 240 g/mol. The molecule has 0 aliphatic carbocycles. The number of carbonyl (C=O) groups excluding carboxylic acids is 1. The van der Waals surface area contributed by atoms with Gasteiger partial charge in [-0.25, -0.2) is 0 Å². The number of hydrogen-bond acceptors (Lipinski definition) is 6. The first-order valence-electron chi connectivity index (χ1n) is 6.21. The van der Waals surface area contributed by atoms with Crippen LogP contribution < -0.4 is 0 Å². The molecule has 0 unspecified atom stereocenters. The first-order valence-corrected chi connectivity index (χ1v) is 6.21. The van der Waals surface area contributed by atoms with Gasteiger partial charge in [0.25, 0.3) is 0 Å². The van der Waals surface area contributed by atoms with E-state index in [4.69, 9.17) is 23.7 Å². The van der Waals surface area contributed by atoms with Crippen molar-refractivity contribution < 1.29 is 28.5 Å². The second kappa shape index (κ2) is 14.4. The Morgan fingerprint density at radius 1 is 0.722 bits per heavy atom. The van der Waals surface area contributed by atoms with Crippen LogP contribution in [-0.2, 0) is 28.5 Å². The molecule has 0 bridgehead atoms. The van der Waals surface area contributed by atoms with E-state index >= 15 is 0 Å². The first-order chi connectivity index (χ1) is 8.77. The van der Waals surface area contributed by atoms with Crippen LogP contribution in [0.5, 0.6) is 0 Å². The average Bonchev–Trinajstić information content (AvgIpc) is 2.34. The van der Waals surface area contributed by atoms with Crippen LogP contribution in [0.25, 0.3) is 0 Å². The highest BCUT2D eigenvalue weighted by atomic mass is 16.6. The molecule has 0 N–H and O–H groups in total. The van der Waals surface area contributed by atoms with Gasteiger partial charge < -0.3 is 23.7 Å². The molecule has 0 aliphatic rings. The van der Waals surface area contributed by atoms with Gasteiger partial charge in [-0.2, -0.15) is 0 Å². The lowest BCUT2D eigenvalue weighted by atomic mass is 10.7. The van der Waals surface area contributed by atoms with Gasteiger partial charge in [-0.05, 0) is 6.92 Å². The largest absolute Gasteiger partial charge is 0.463 e. The highest BCUT2D eigenvalue weighted by molar-refractivity contribution is 5.65. The van der Waals surface area contributed by atoms with Gasteiger partial charge in [0.2, 0.25) is 0 Å². The third kappa shape index (κ3) is 15.3. The molecule has 0 aliphatic heterocycles. The molecule has 0 saturated carbocycles. The summed E-state index contributed by atoms with van der Waals surface area (Å²) in [5.41, 5.74) is 0. The summed E-state index contributed by atoms with van der Waals surface area (Å²) in [7, 11) is 0. The normalized spacial score (nSPS) is 10.6. The average molecular weight is 264 g/mol. The van der Waals surface area contributed by atoms with E-state index in [9.17, 15) is 4.79 Å². The standard InChI is InChI=1S/C12H24O6/c1-3-14-4-5-15-6-7-16-8-9-17-10-11-18-12(2)13/h3-11H2,1-2H3. The topological polar surface area (TPSA) is 63.2 Å². The summed E-state index contributed by atoms with van der Waals surface area (Å²) < 4.78 is 25.5. The van der Waals surface area contributed by atoms with Crippen LogP contribution in [0.3, 0.4) is 0 Å². The highest BCUT2D eigenvalue weighted by Gasteiger charge is 1.94. The molecule has 0 aromatic carbocycles. The monoisotopic (exact) mass is 264 g/mol. The van der Waals surface area contributed by atoms with Gasteiger partial charge in [0.1, 0.15) is 6.61 Å². The predicted octanol–water partition coefficient (Wildman–Crippen LogP) is 0.636. The van der Waals surface area contributed by atoms with E-state index in [1.807, 2.05) is 6.92 Å². The van der Waals surface area contributed by atoms with Crippen molar-refractivity contribution in [2.45, 2.75) is 13.8 Å². The van der Waals surface area contributed by atoms with Crippen molar-refractivity contribution in [3.63, 3.8) is 0 Å². The smallest absolute Gasteiger partial charge is 0.302 e. The molecule has 6 heteroatoms. The minimum Gasteiger partial charge on any atom is -0.463 e. The second-order valence-corrected chi connectivity index (χ2v) is 3.37. The molecular formula is C12H24O6. The van der Waals surface area contributed by atoms with E-state index in [0.29, 0.717) is 52.9 Å². The Hall–Kier alpha value is -0.690. The third-order valence-electron chi connectivity index (χ3n) is 1.85. The lowest BCUT2D eigenvalue weighted by Gasteiger charge is -2.07. The number of rotatable bonds is 13. The van der Waals surface area contributed by atoms with Crippen LogP contribution in [0, 0.1) is 0 Å². The Kier molecular flexibility index (Phi) is 13.8. The maximum absolute atomic E-state index is 10.4. The molecule has 0 rings (SSSR count). The highest BCUT2D eigenvalue weighted by Crippen LogP contribution is 1.83. The fraction of sp³-hybridized carbons (Fsp3) is 0.917. The Balaban J connectivity index is 2.92. The Labute approximate surface area is 108 Å². The predicted molar refractivity (Wildman–Crippen MR) is 65.6 cm³/mol. The third-order valence-corrected chi connectivity index (χ3v) is 1.85. The van der Waals surface area contributed by atoms with Crippen molar-refractivity contribution in [1.29, 1.82) is 0 Å². The fourth-order valence-corrected chi connectivity index (χ4v) is 1.05. The van der Waals surface area contributed by atoms with Crippen molar-refractivity contribution in [2.75, 3.05) is 59.5 Å². The van der Waals surface area contributed by atoms with Gasteiger partial charge in [0.15, 0.2) is 0 Å². The Bertz CT molecular complexity index is 185. The summed E-state index contributed by atoms with van der Waals surface area (Å²) in [6.45, 7) is 8.02. The SMILES string of the molecule is CCOCCOCCOCCOCCOC(C)=O. The van der Waals surface area contributed by atoms with Crippen molar-refractivity contribution in [1.82, 2.24) is 0 Å². The van der Waals surface area contributed by atoms with Crippen molar-refractivity contribution in [3.05, 3.63) is 0 Å². The molecule has 18 heavy (non-hydrogen) atoms. The van der Waals surface area contributed by atoms with E-state index in [1.54, 1.807) is 0 Å². The summed E-state index contributed by atoms with van der Waals surface area (Å²) >= 11 is 0. The number of ether oxygens (including phenoxy) is 5. The molecule has 0 saturated heterocycles. The number of esters is 1. The van der Waals surface area contributed by atoms with E-state index in [2.05, 4.69) is 0 Å². The molecule has 0 aromatic rings. The maximum atomic E-state index is 10.4. The maximum Gasteiger partial charge on any atom is 0.302 e. The van der Waals surface area contributed by atoms with Gasteiger partial charge in [0, 0.05) is 13.5 Å². The van der Waals surface area contributed by atoms with Crippen molar-refractivity contribution in [3.8, 4) is 0 Å². The van der Waals surface area contributed by atoms with Gasteiger partial charge in [0.05, 0.1) is 46.2 Å². The zero-order valence-corrected chi connectivity index (χ0v) is 11.3. The Morgan fingerprint density at radius 3 is 1.50 bits per heavy atom. The summed E-state index contributed by atoms with van der Waals surface area (Å²) in [5.74, 6) is -0.293. The van der Waals surface area contributed by atoms with Crippen LogP contribution in [0.15, 0.2) is 0 Å². The van der Waals surface area contributed by atoms with E-state index in [-0.39, 0.29) is 12.6 Å². The van der Waals surface area contributed by atoms with E-state index in [1.165, 1.54) is 6.92 Å². The van der Waals surface area contributed by atoms with Gasteiger partial charge >= 0.3 is 5.97 Å². The molecule has 0 spiro atoms. The molecule has 0 radical (unpaired) electrons. The minimum absolute atomic E-state index is 0.288. The van der Waals surface area contributed by atoms with E-state index in [0.717, 1.165) is 0 Å². The molecule has 6 nitrogen and oxygen atoms in total. The molecule has 0 aromatic heterocycles. The van der Waals surface area contributed by atoms with Crippen LogP contribution in [0.1, 0.15) is 13.8 Å². The van der Waals surface area contributed by atoms with Crippen LogP contribution >= 0.6 is 0 Å². The lowest BCUT2D eigenvalue weighted by Crippen LogP contribution is -2.13. The van der Waals surface area contributed by atoms with Crippen molar-refractivity contribution in [2.24, 2.45) is 0 Å². The molecule has 0 atom stereocenters. The number of hydrogen-bond donors (Lipinski definition) is 0. The summed E-state index contributed by atoms with van der Waals surface area (Å²) in [6.07, 6.45) is 0. The molecule has 0 fully saturated rings. The van der Waals surface area contributed by atoms with Crippen LogP contribution in [-0.4, -0.2) is 65.4 Å². The molecule has 108 valence electrons. The summed E-state index contributed by atoms with van der Waals surface area (Å²) in [5, 5.41) is 0. The lowest BCUT2D eigenvalue weighted by molar-refractivity contribution is -0.142.